The summed E-state index contributed by atoms with van der Waals surface area (Å²) in [6.45, 7) is 7.92. The van der Waals surface area contributed by atoms with E-state index in [0.29, 0.717) is 0 Å². The molecule has 140 valence electrons. The van der Waals surface area contributed by atoms with Gasteiger partial charge in [-0.2, -0.15) is 5.10 Å². The lowest BCUT2D eigenvalue weighted by Crippen LogP contribution is -2.50. The second kappa shape index (κ2) is 7.86. The quantitative estimate of drug-likeness (QED) is 0.839. The Kier molecular flexibility index (Phi) is 5.33. The van der Waals surface area contributed by atoms with Gasteiger partial charge in [-0.15, -0.1) is 0 Å². The molecule has 0 bridgehead atoms. The largest absolute Gasteiger partial charge is 0.379 e. The van der Waals surface area contributed by atoms with Crippen molar-refractivity contribution in [2.45, 2.75) is 25.9 Å². The van der Waals surface area contributed by atoms with Gasteiger partial charge in [-0.1, -0.05) is 6.07 Å². The van der Waals surface area contributed by atoms with E-state index in [0.717, 1.165) is 58.2 Å². The van der Waals surface area contributed by atoms with E-state index in [1.165, 1.54) is 18.4 Å². The molecule has 0 saturated carbocycles. The van der Waals surface area contributed by atoms with Crippen LogP contribution in [-0.2, 0) is 24.9 Å². The lowest BCUT2D eigenvalue weighted by Gasteiger charge is -2.43. The van der Waals surface area contributed by atoms with E-state index < -0.39 is 0 Å². The second-order valence-electron chi connectivity index (χ2n) is 7.92. The predicted octanol–water partition coefficient (Wildman–Crippen LogP) is 1.93. The van der Waals surface area contributed by atoms with Crippen LogP contribution >= 0.6 is 0 Å². The number of rotatable bonds is 4. The molecule has 4 rings (SSSR count). The highest BCUT2D eigenvalue weighted by Gasteiger charge is 2.38. The molecule has 1 spiro atoms. The molecule has 0 N–H and O–H groups in total. The number of pyridine rings is 1. The highest BCUT2D eigenvalue weighted by molar-refractivity contribution is 5.06. The third-order valence-electron chi connectivity index (χ3n) is 5.54. The van der Waals surface area contributed by atoms with Crippen LogP contribution in [0.4, 0.5) is 0 Å². The van der Waals surface area contributed by atoms with Gasteiger partial charge < -0.3 is 4.74 Å². The fraction of sp³-hybridized carbons (Fsp3) is 0.600. The molecule has 0 aliphatic carbocycles. The highest BCUT2D eigenvalue weighted by atomic mass is 16.5. The molecule has 4 heterocycles. The van der Waals surface area contributed by atoms with Crippen LogP contribution in [0.5, 0.6) is 0 Å². The van der Waals surface area contributed by atoms with E-state index in [4.69, 9.17) is 4.74 Å². The van der Waals surface area contributed by atoms with Gasteiger partial charge in [0.1, 0.15) is 0 Å². The molecule has 26 heavy (non-hydrogen) atoms. The topological polar surface area (TPSA) is 46.4 Å². The Balaban J connectivity index is 1.43. The van der Waals surface area contributed by atoms with Crippen LogP contribution in [0.15, 0.2) is 36.8 Å². The Morgan fingerprint density at radius 3 is 2.81 bits per heavy atom. The number of nitrogens with zero attached hydrogens (tertiary/aromatic N) is 5. The zero-order valence-corrected chi connectivity index (χ0v) is 15.7. The van der Waals surface area contributed by atoms with Crippen molar-refractivity contribution in [1.82, 2.24) is 24.6 Å². The first kappa shape index (κ1) is 17.6. The molecule has 2 aliphatic rings. The van der Waals surface area contributed by atoms with Crippen LogP contribution in [0.2, 0.25) is 0 Å². The van der Waals surface area contributed by atoms with Gasteiger partial charge in [0.05, 0.1) is 25.1 Å². The number of ether oxygens (including phenoxy) is 1. The van der Waals surface area contributed by atoms with Crippen molar-refractivity contribution in [2.24, 2.45) is 12.5 Å². The van der Waals surface area contributed by atoms with Gasteiger partial charge in [-0.3, -0.25) is 19.5 Å². The standard InChI is InChI=1S/C20H29N5O/c1-23-12-18(11-22-23)13-24-8-4-6-20(15-24)16-25(9-10-26-17-20)14-19-5-2-3-7-21-19/h2-3,5,7,11-12H,4,6,8-10,13-17H2,1H3/t20-/m0/s1. The highest BCUT2D eigenvalue weighted by Crippen LogP contribution is 2.34. The third-order valence-corrected chi connectivity index (χ3v) is 5.54. The monoisotopic (exact) mass is 355 g/mol. The van der Waals surface area contributed by atoms with E-state index >= 15 is 0 Å². The van der Waals surface area contributed by atoms with Crippen molar-refractivity contribution in [3.63, 3.8) is 0 Å². The molecular weight excluding hydrogens is 326 g/mol. The average molecular weight is 355 g/mol. The van der Waals surface area contributed by atoms with Crippen molar-refractivity contribution in [3.8, 4) is 0 Å². The van der Waals surface area contributed by atoms with Crippen molar-refractivity contribution < 1.29 is 4.74 Å². The summed E-state index contributed by atoms with van der Waals surface area (Å²) in [5.74, 6) is 0. The first-order chi connectivity index (χ1) is 12.7. The minimum atomic E-state index is 0.228. The lowest BCUT2D eigenvalue weighted by molar-refractivity contribution is 0.00241. The Hall–Kier alpha value is -1.76. The van der Waals surface area contributed by atoms with Gasteiger partial charge in [0.15, 0.2) is 0 Å². The third kappa shape index (κ3) is 4.31. The van der Waals surface area contributed by atoms with Crippen LogP contribution in [0.3, 0.4) is 0 Å². The summed E-state index contributed by atoms with van der Waals surface area (Å²) in [7, 11) is 1.98. The maximum absolute atomic E-state index is 6.05. The van der Waals surface area contributed by atoms with E-state index in [2.05, 4.69) is 38.2 Å². The smallest absolute Gasteiger partial charge is 0.0593 e. The maximum Gasteiger partial charge on any atom is 0.0593 e. The number of likely N-dealkylation sites (tertiary alicyclic amines) is 1. The molecule has 1 atom stereocenters. The van der Waals surface area contributed by atoms with Gasteiger partial charge in [-0.25, -0.2) is 0 Å². The molecule has 6 nitrogen and oxygen atoms in total. The van der Waals surface area contributed by atoms with Gasteiger partial charge in [0.2, 0.25) is 0 Å². The number of aromatic nitrogens is 3. The van der Waals surface area contributed by atoms with Gasteiger partial charge in [-0.05, 0) is 31.5 Å². The Morgan fingerprint density at radius 1 is 1.15 bits per heavy atom. The molecule has 2 aromatic rings. The summed E-state index contributed by atoms with van der Waals surface area (Å²) in [4.78, 5) is 9.62. The number of hydrogen-bond donors (Lipinski definition) is 0. The first-order valence-electron chi connectivity index (χ1n) is 9.61. The van der Waals surface area contributed by atoms with Gasteiger partial charge >= 0.3 is 0 Å². The summed E-state index contributed by atoms with van der Waals surface area (Å²) < 4.78 is 7.94. The summed E-state index contributed by atoms with van der Waals surface area (Å²) in [6.07, 6.45) is 8.47. The van der Waals surface area contributed by atoms with Crippen molar-refractivity contribution in [2.75, 3.05) is 39.4 Å². The van der Waals surface area contributed by atoms with Crippen LogP contribution in [0.1, 0.15) is 24.1 Å². The molecule has 6 heteroatoms. The van der Waals surface area contributed by atoms with Crippen LogP contribution < -0.4 is 0 Å². The summed E-state index contributed by atoms with van der Waals surface area (Å²) in [5.41, 5.74) is 2.67. The number of hydrogen-bond acceptors (Lipinski definition) is 5. The zero-order valence-electron chi connectivity index (χ0n) is 15.7. The zero-order chi connectivity index (χ0) is 17.8. The molecule has 2 fully saturated rings. The average Bonchev–Trinajstić information content (AvgIpc) is 2.94. The number of piperidine rings is 1. The van der Waals surface area contributed by atoms with Crippen LogP contribution in [-0.4, -0.2) is 64.0 Å². The summed E-state index contributed by atoms with van der Waals surface area (Å²) in [6, 6.07) is 6.17. The Morgan fingerprint density at radius 2 is 2.04 bits per heavy atom. The molecule has 0 aromatic carbocycles. The first-order valence-corrected chi connectivity index (χ1v) is 9.61. The fourth-order valence-electron chi connectivity index (χ4n) is 4.44. The van der Waals surface area contributed by atoms with Crippen molar-refractivity contribution in [3.05, 3.63) is 48.0 Å². The van der Waals surface area contributed by atoms with Crippen LogP contribution in [0, 0.1) is 5.41 Å². The molecule has 0 amide bonds. The number of aryl methyl sites for hydroxylation is 1. The molecular formula is C20H29N5O. The normalized spacial score (nSPS) is 25.4. The lowest BCUT2D eigenvalue weighted by atomic mass is 9.80. The molecule has 0 unspecified atom stereocenters. The van der Waals surface area contributed by atoms with E-state index in [1.54, 1.807) is 0 Å². The van der Waals surface area contributed by atoms with Gasteiger partial charge in [0.25, 0.3) is 0 Å². The van der Waals surface area contributed by atoms with Crippen molar-refractivity contribution in [1.29, 1.82) is 0 Å². The minimum absolute atomic E-state index is 0.228. The van der Waals surface area contributed by atoms with E-state index in [9.17, 15) is 0 Å². The fourth-order valence-corrected chi connectivity index (χ4v) is 4.44. The van der Waals surface area contributed by atoms with E-state index in [1.807, 2.05) is 30.2 Å². The Bertz CT molecular complexity index is 703. The Labute approximate surface area is 155 Å². The predicted molar refractivity (Wildman–Crippen MR) is 100 cm³/mol. The van der Waals surface area contributed by atoms with Crippen molar-refractivity contribution >= 4 is 0 Å². The molecule has 2 aromatic heterocycles. The molecule has 0 radical (unpaired) electrons. The molecule has 2 aliphatic heterocycles. The van der Waals surface area contributed by atoms with Gasteiger partial charge in [0, 0.05) is 63.1 Å². The SMILES string of the molecule is Cn1cc(CN2CCC[C@]3(COCCN(Cc4ccccn4)C3)C2)cn1. The maximum atomic E-state index is 6.05. The van der Waals surface area contributed by atoms with E-state index in [-0.39, 0.29) is 5.41 Å². The van der Waals surface area contributed by atoms with Crippen LogP contribution in [0.25, 0.3) is 0 Å². The minimum Gasteiger partial charge on any atom is -0.379 e. The molecule has 2 saturated heterocycles. The summed E-state index contributed by atoms with van der Waals surface area (Å²) >= 11 is 0. The second-order valence-corrected chi connectivity index (χ2v) is 7.92. The summed E-state index contributed by atoms with van der Waals surface area (Å²) in [5, 5.41) is 4.31.